The largest absolute Gasteiger partial charge is 0.692 e. The van der Waals surface area contributed by atoms with E-state index < -0.39 is 16.5 Å². The van der Waals surface area contributed by atoms with Crippen molar-refractivity contribution in [3.63, 3.8) is 0 Å². The molecule has 0 unspecified atom stereocenters. The van der Waals surface area contributed by atoms with E-state index in [2.05, 4.69) is 108 Å². The highest BCUT2D eigenvalue weighted by Gasteiger charge is 2.25. The summed E-state index contributed by atoms with van der Waals surface area (Å²) in [7, 11) is -5.74. The van der Waals surface area contributed by atoms with E-state index in [1.54, 1.807) is 0 Å². The SMILES string of the molecule is CC(C)(C)c1cc(CN)c(C(C)(C)C)c(-c2ccc(-c3ccccc3)cc2)c1.O=[P+](O)O.O=[P+](O)O. The van der Waals surface area contributed by atoms with E-state index in [-0.39, 0.29) is 10.8 Å². The van der Waals surface area contributed by atoms with Crippen LogP contribution < -0.4 is 5.73 Å². The van der Waals surface area contributed by atoms with Crippen LogP contribution in [0.1, 0.15) is 58.2 Å². The average Bonchev–Trinajstić information content (AvgIpc) is 2.77. The Labute approximate surface area is 215 Å². The van der Waals surface area contributed by atoms with Crippen LogP contribution in [0.3, 0.4) is 0 Å². The minimum absolute atomic E-state index is 0.0263. The average molecular weight is 534 g/mol. The molecule has 0 heterocycles. The van der Waals surface area contributed by atoms with Crippen LogP contribution in [0.5, 0.6) is 0 Å². The van der Waals surface area contributed by atoms with Crippen LogP contribution in [-0.4, -0.2) is 19.6 Å². The molecule has 194 valence electrons. The standard InChI is InChI=1S/C27H33N.2HO3P/c1-26(2,3)23-16-22(18-28)25(27(4,5)6)24(17-23)21-14-12-20(13-15-21)19-10-8-7-9-11-19;2*1-4(2)3/h7-17H,18,28H2,1-6H3;2*(H-,1,2,3)/p+2. The predicted molar refractivity (Wildman–Crippen MR) is 147 cm³/mol. The van der Waals surface area contributed by atoms with E-state index in [0.29, 0.717) is 6.54 Å². The van der Waals surface area contributed by atoms with Crippen molar-refractivity contribution in [3.8, 4) is 22.3 Å². The van der Waals surface area contributed by atoms with Crippen LogP contribution >= 0.6 is 16.5 Å². The summed E-state index contributed by atoms with van der Waals surface area (Å²) >= 11 is 0. The molecule has 0 aliphatic rings. The Bertz CT molecular complexity index is 1130. The minimum Gasteiger partial charge on any atom is -0.326 e. The molecular formula is C27H37NO6P2+2. The fourth-order valence-corrected chi connectivity index (χ4v) is 3.88. The lowest BCUT2D eigenvalue weighted by molar-refractivity contribution is 0.403. The van der Waals surface area contributed by atoms with E-state index >= 15 is 0 Å². The van der Waals surface area contributed by atoms with Gasteiger partial charge in [-0.05, 0) is 49.8 Å². The first-order chi connectivity index (χ1) is 16.6. The molecule has 6 N–H and O–H groups in total. The number of nitrogens with two attached hydrogens (primary N) is 1. The van der Waals surface area contributed by atoms with E-state index in [4.69, 9.17) is 34.4 Å². The van der Waals surface area contributed by atoms with Crippen LogP contribution in [0.2, 0.25) is 0 Å². The maximum atomic E-state index is 8.70. The summed E-state index contributed by atoms with van der Waals surface area (Å²) in [6.45, 7) is 14.2. The molecule has 0 aromatic heterocycles. The molecule has 0 saturated heterocycles. The summed E-state index contributed by atoms with van der Waals surface area (Å²) in [6.07, 6.45) is 0. The van der Waals surface area contributed by atoms with Gasteiger partial charge in [-0.25, -0.2) is 0 Å². The highest BCUT2D eigenvalue weighted by Crippen LogP contribution is 2.39. The van der Waals surface area contributed by atoms with Crippen molar-refractivity contribution in [1.82, 2.24) is 0 Å². The van der Waals surface area contributed by atoms with Crippen LogP contribution in [0.4, 0.5) is 0 Å². The highest BCUT2D eigenvalue weighted by molar-refractivity contribution is 7.31. The van der Waals surface area contributed by atoms with Gasteiger partial charge in [-0.1, -0.05) is 108 Å². The van der Waals surface area contributed by atoms with Gasteiger partial charge in [0.2, 0.25) is 0 Å². The zero-order valence-corrected chi connectivity index (χ0v) is 23.4. The molecule has 0 aliphatic carbocycles. The predicted octanol–water partition coefficient (Wildman–Crippen LogP) is 6.33. The maximum Gasteiger partial charge on any atom is 0.692 e. The molecule has 3 rings (SSSR count). The van der Waals surface area contributed by atoms with Crippen molar-refractivity contribution >= 4 is 16.5 Å². The monoisotopic (exact) mass is 533 g/mol. The zero-order chi connectivity index (χ0) is 27.7. The number of hydrogen-bond donors (Lipinski definition) is 5. The van der Waals surface area contributed by atoms with Gasteiger partial charge >= 0.3 is 16.5 Å². The first-order valence-corrected chi connectivity index (χ1v) is 13.6. The third-order valence-electron chi connectivity index (χ3n) is 5.36. The topological polar surface area (TPSA) is 141 Å². The molecule has 0 atom stereocenters. The van der Waals surface area contributed by atoms with Crippen LogP contribution in [0, 0.1) is 0 Å². The number of hydrogen-bond acceptors (Lipinski definition) is 3. The van der Waals surface area contributed by atoms with Gasteiger partial charge in [0, 0.05) is 15.7 Å². The van der Waals surface area contributed by atoms with Gasteiger partial charge in [0.25, 0.3) is 0 Å². The Balaban J connectivity index is 0.000000709. The minimum atomic E-state index is -2.87. The van der Waals surface area contributed by atoms with Crippen molar-refractivity contribution in [2.24, 2.45) is 5.73 Å². The van der Waals surface area contributed by atoms with E-state index in [1.807, 2.05) is 0 Å². The third kappa shape index (κ3) is 10.3. The first-order valence-electron chi connectivity index (χ1n) is 11.3. The zero-order valence-electron chi connectivity index (χ0n) is 21.6. The Morgan fingerprint density at radius 3 is 1.47 bits per heavy atom. The second-order valence-electron chi connectivity index (χ2n) is 10.2. The Kier molecular flexibility index (Phi) is 12.2. The normalized spacial score (nSPS) is 11.0. The molecule has 0 aliphatic heterocycles. The van der Waals surface area contributed by atoms with E-state index in [0.717, 1.165) is 0 Å². The second-order valence-corrected chi connectivity index (χ2v) is 11.2. The van der Waals surface area contributed by atoms with Crippen molar-refractivity contribution in [2.75, 3.05) is 0 Å². The number of benzene rings is 3. The number of rotatable bonds is 3. The lowest BCUT2D eigenvalue weighted by Gasteiger charge is -2.30. The Morgan fingerprint density at radius 1 is 0.667 bits per heavy atom. The van der Waals surface area contributed by atoms with Crippen molar-refractivity contribution in [2.45, 2.75) is 58.9 Å². The van der Waals surface area contributed by atoms with Crippen molar-refractivity contribution in [1.29, 1.82) is 0 Å². The smallest absolute Gasteiger partial charge is 0.326 e. The summed E-state index contributed by atoms with van der Waals surface area (Å²) in [6, 6.07) is 24.2. The molecule has 3 aromatic carbocycles. The molecule has 0 spiro atoms. The van der Waals surface area contributed by atoms with Gasteiger partial charge in [0.15, 0.2) is 0 Å². The molecule has 9 heteroatoms. The first kappa shape index (κ1) is 31.7. The molecule has 0 amide bonds. The van der Waals surface area contributed by atoms with Crippen LogP contribution in [0.15, 0.2) is 66.7 Å². The molecule has 36 heavy (non-hydrogen) atoms. The quantitative estimate of drug-likeness (QED) is 0.248. The molecule has 7 nitrogen and oxygen atoms in total. The Hall–Kier alpha value is -2.34. The fraction of sp³-hybridized carbons (Fsp3) is 0.333. The summed E-state index contributed by atoms with van der Waals surface area (Å²) in [5.74, 6) is 0. The van der Waals surface area contributed by atoms with Gasteiger partial charge in [-0.3, -0.25) is 0 Å². The van der Waals surface area contributed by atoms with Gasteiger partial charge in [0.05, 0.1) is 0 Å². The fourth-order valence-electron chi connectivity index (χ4n) is 3.88. The van der Waals surface area contributed by atoms with Crippen LogP contribution in [0.25, 0.3) is 22.3 Å². The molecule has 0 fully saturated rings. The lowest BCUT2D eigenvalue weighted by Crippen LogP contribution is -2.20. The lowest BCUT2D eigenvalue weighted by atomic mass is 9.75. The molecule has 0 radical (unpaired) electrons. The van der Waals surface area contributed by atoms with E-state index in [9.17, 15) is 0 Å². The van der Waals surface area contributed by atoms with Crippen molar-refractivity contribution in [3.05, 3.63) is 83.4 Å². The Morgan fingerprint density at radius 2 is 1.08 bits per heavy atom. The molecular weight excluding hydrogens is 496 g/mol. The molecule has 0 saturated carbocycles. The van der Waals surface area contributed by atoms with Gasteiger partial charge in [-0.15, -0.1) is 19.6 Å². The maximum absolute atomic E-state index is 8.70. The van der Waals surface area contributed by atoms with Gasteiger partial charge < -0.3 is 5.73 Å². The third-order valence-corrected chi connectivity index (χ3v) is 5.36. The summed E-state index contributed by atoms with van der Waals surface area (Å²) < 4.78 is 17.4. The van der Waals surface area contributed by atoms with Crippen LogP contribution in [-0.2, 0) is 26.5 Å². The molecule has 0 bridgehead atoms. The van der Waals surface area contributed by atoms with Gasteiger partial charge in [-0.2, -0.15) is 0 Å². The van der Waals surface area contributed by atoms with Gasteiger partial charge in [0.1, 0.15) is 0 Å². The van der Waals surface area contributed by atoms with E-state index in [1.165, 1.54) is 38.9 Å². The highest BCUT2D eigenvalue weighted by atomic mass is 31.1. The summed E-state index contributed by atoms with van der Waals surface area (Å²) in [5.41, 5.74) is 15.3. The molecule has 3 aromatic rings. The second kappa shape index (κ2) is 13.8. The summed E-state index contributed by atoms with van der Waals surface area (Å²) in [5, 5.41) is 0. The summed E-state index contributed by atoms with van der Waals surface area (Å²) in [4.78, 5) is 28.5. The van der Waals surface area contributed by atoms with Crippen molar-refractivity contribution < 1.29 is 28.7 Å².